The molecule has 1 fully saturated rings. The molecule has 1 unspecified atom stereocenters. The van der Waals surface area contributed by atoms with Crippen LogP contribution in [0.25, 0.3) is 11.3 Å². The summed E-state index contributed by atoms with van der Waals surface area (Å²) in [7, 11) is 3.73. The molecular weight excluding hydrogens is 589 g/mol. The molecule has 0 bridgehead atoms. The number of carbonyl (C=O) groups is 1. The number of likely N-dealkylation sites (tertiary alicyclic amines) is 1. The Hall–Kier alpha value is -3.99. The summed E-state index contributed by atoms with van der Waals surface area (Å²) in [5.41, 5.74) is 3.47. The van der Waals surface area contributed by atoms with Crippen LogP contribution in [-0.2, 0) is 12.7 Å². The highest BCUT2D eigenvalue weighted by atomic mass is 35.5. The number of carbonyl (C=O) groups excluding carboxylic acids is 1. The largest absolute Gasteiger partial charge is 0.416 e. The molecular formula is C33H32ClF3N6O. The van der Waals surface area contributed by atoms with Gasteiger partial charge in [0.05, 0.1) is 17.3 Å². The standard InChI is InChI=1S/C33H32ClF3N6O/c1-38-23-13-15-43(16-14-23)31(44)20-7-10-24(11-8-20)40-32-39-18-21-19-42(2)30(26-5-3-4-6-28(26)33(35,36)37)27-17-22(34)9-12-25(27)29(21)41-32/h3-12,17-18,23,30,38H,13-16,19H2,1-2H3,(H,39,40,41). The molecule has 2 N–H and O–H groups in total. The number of amides is 1. The molecule has 2 aliphatic heterocycles. The Labute approximate surface area is 259 Å². The van der Waals surface area contributed by atoms with Crippen LogP contribution in [0.2, 0.25) is 5.02 Å². The molecule has 1 atom stereocenters. The molecule has 0 saturated carbocycles. The van der Waals surface area contributed by atoms with Crippen molar-refractivity contribution in [2.45, 2.75) is 37.6 Å². The highest BCUT2D eigenvalue weighted by Gasteiger charge is 2.38. The van der Waals surface area contributed by atoms with Crippen molar-refractivity contribution in [2.75, 3.05) is 32.5 Å². The number of hydrogen-bond donors (Lipinski definition) is 2. The molecule has 44 heavy (non-hydrogen) atoms. The summed E-state index contributed by atoms with van der Waals surface area (Å²) in [6.45, 7) is 1.76. The van der Waals surface area contributed by atoms with Gasteiger partial charge in [0.1, 0.15) is 0 Å². The molecule has 0 spiro atoms. The topological polar surface area (TPSA) is 73.4 Å². The molecule has 0 aliphatic carbocycles. The molecule has 4 aromatic rings. The highest BCUT2D eigenvalue weighted by molar-refractivity contribution is 6.30. The van der Waals surface area contributed by atoms with Crippen LogP contribution >= 0.6 is 11.6 Å². The fourth-order valence-electron chi connectivity index (χ4n) is 6.17. The van der Waals surface area contributed by atoms with Crippen molar-refractivity contribution < 1.29 is 18.0 Å². The first-order valence-electron chi connectivity index (χ1n) is 14.5. The van der Waals surface area contributed by atoms with Gasteiger partial charge in [-0.15, -0.1) is 0 Å². The summed E-state index contributed by atoms with van der Waals surface area (Å²) in [4.78, 5) is 26.1. The molecule has 11 heteroatoms. The summed E-state index contributed by atoms with van der Waals surface area (Å²) in [6.07, 6.45) is -0.962. The Morgan fingerprint density at radius 2 is 1.73 bits per heavy atom. The van der Waals surface area contributed by atoms with Crippen molar-refractivity contribution in [1.29, 1.82) is 0 Å². The number of hydrogen-bond acceptors (Lipinski definition) is 6. The number of aromatic nitrogens is 2. The second-order valence-electron chi connectivity index (χ2n) is 11.3. The monoisotopic (exact) mass is 620 g/mol. The van der Waals surface area contributed by atoms with Crippen molar-refractivity contribution in [3.63, 3.8) is 0 Å². The molecule has 6 rings (SSSR count). The van der Waals surface area contributed by atoms with E-state index in [1.165, 1.54) is 12.1 Å². The fourth-order valence-corrected chi connectivity index (χ4v) is 6.35. The van der Waals surface area contributed by atoms with E-state index in [1.807, 2.05) is 29.0 Å². The molecule has 3 heterocycles. The average molecular weight is 621 g/mol. The second-order valence-corrected chi connectivity index (χ2v) is 11.7. The second kappa shape index (κ2) is 12.2. The first kappa shape index (κ1) is 30.1. The van der Waals surface area contributed by atoms with E-state index in [9.17, 15) is 18.0 Å². The van der Waals surface area contributed by atoms with Crippen LogP contribution in [0.15, 0.2) is 72.9 Å². The Bertz CT molecular complexity index is 1670. The Morgan fingerprint density at radius 3 is 2.43 bits per heavy atom. The lowest BCUT2D eigenvalue weighted by Crippen LogP contribution is -2.43. The van der Waals surface area contributed by atoms with Crippen LogP contribution in [0.3, 0.4) is 0 Å². The molecule has 2 aliphatic rings. The van der Waals surface area contributed by atoms with E-state index in [-0.39, 0.29) is 11.5 Å². The van der Waals surface area contributed by atoms with Crippen molar-refractivity contribution in [1.82, 2.24) is 25.1 Å². The zero-order valence-corrected chi connectivity index (χ0v) is 25.1. The van der Waals surface area contributed by atoms with Crippen molar-refractivity contribution in [2.24, 2.45) is 0 Å². The highest BCUT2D eigenvalue weighted by Crippen LogP contribution is 2.45. The predicted octanol–water partition coefficient (Wildman–Crippen LogP) is 6.92. The van der Waals surface area contributed by atoms with E-state index in [2.05, 4.69) is 15.6 Å². The van der Waals surface area contributed by atoms with Gasteiger partial charge in [-0.05, 0) is 80.5 Å². The van der Waals surface area contributed by atoms with E-state index >= 15 is 0 Å². The zero-order chi connectivity index (χ0) is 31.0. The molecule has 0 radical (unpaired) electrons. The molecule has 3 aromatic carbocycles. The van der Waals surface area contributed by atoms with Gasteiger partial charge in [0.25, 0.3) is 5.91 Å². The third-order valence-electron chi connectivity index (χ3n) is 8.43. The number of rotatable bonds is 5. The maximum Gasteiger partial charge on any atom is 0.416 e. The number of nitrogens with one attached hydrogen (secondary N) is 2. The van der Waals surface area contributed by atoms with Crippen molar-refractivity contribution in [3.8, 4) is 11.3 Å². The minimum atomic E-state index is -4.52. The van der Waals surface area contributed by atoms with Gasteiger partial charge in [0.15, 0.2) is 0 Å². The number of benzene rings is 3. The third-order valence-corrected chi connectivity index (χ3v) is 8.66. The molecule has 1 amide bonds. The molecule has 7 nitrogen and oxygen atoms in total. The number of fused-ring (bicyclic) bond motifs is 3. The van der Waals surface area contributed by atoms with Crippen LogP contribution < -0.4 is 10.6 Å². The van der Waals surface area contributed by atoms with Gasteiger partial charge < -0.3 is 15.5 Å². The SMILES string of the molecule is CNC1CCN(C(=O)c2ccc(Nc3ncc4c(n3)-c3ccc(Cl)cc3C(c3ccccc3C(F)(F)F)N(C)C4)cc2)CC1. The smallest absolute Gasteiger partial charge is 0.339 e. The van der Waals surface area contributed by atoms with Crippen molar-refractivity contribution >= 4 is 29.1 Å². The van der Waals surface area contributed by atoms with E-state index in [4.69, 9.17) is 16.6 Å². The predicted molar refractivity (Wildman–Crippen MR) is 165 cm³/mol. The third kappa shape index (κ3) is 6.02. The van der Waals surface area contributed by atoms with Gasteiger partial charge in [-0.25, -0.2) is 9.97 Å². The molecule has 1 saturated heterocycles. The van der Waals surface area contributed by atoms with Crippen LogP contribution in [0, 0.1) is 0 Å². The van der Waals surface area contributed by atoms with Gasteiger partial charge >= 0.3 is 6.18 Å². The van der Waals surface area contributed by atoms with Gasteiger partial charge in [0.2, 0.25) is 5.95 Å². The Kier molecular flexibility index (Phi) is 8.32. The lowest BCUT2D eigenvalue weighted by atomic mass is 9.90. The fraction of sp³-hybridized carbons (Fsp3) is 0.303. The van der Waals surface area contributed by atoms with E-state index in [0.29, 0.717) is 51.6 Å². The summed E-state index contributed by atoms with van der Waals surface area (Å²) in [5, 5.41) is 6.91. The number of anilines is 2. The summed E-state index contributed by atoms with van der Waals surface area (Å²) in [6, 6.07) is 17.8. The Balaban J connectivity index is 1.29. The van der Waals surface area contributed by atoms with E-state index in [1.54, 1.807) is 49.6 Å². The van der Waals surface area contributed by atoms with E-state index < -0.39 is 17.8 Å². The van der Waals surface area contributed by atoms with Crippen LogP contribution in [0.4, 0.5) is 24.8 Å². The van der Waals surface area contributed by atoms with Gasteiger partial charge in [-0.3, -0.25) is 9.69 Å². The minimum Gasteiger partial charge on any atom is -0.339 e. The average Bonchev–Trinajstić information content (AvgIpc) is 3.13. The van der Waals surface area contributed by atoms with Crippen molar-refractivity contribution in [3.05, 3.63) is 106 Å². The summed E-state index contributed by atoms with van der Waals surface area (Å²) < 4.78 is 42.3. The minimum absolute atomic E-state index is 0.00780. The Morgan fingerprint density at radius 1 is 1.00 bits per heavy atom. The van der Waals surface area contributed by atoms with E-state index in [0.717, 1.165) is 37.6 Å². The normalized spacial score (nSPS) is 17.5. The lowest BCUT2D eigenvalue weighted by Gasteiger charge is -2.31. The van der Waals surface area contributed by atoms with Gasteiger partial charge in [0, 0.05) is 59.3 Å². The quantitative estimate of drug-likeness (QED) is 0.252. The lowest BCUT2D eigenvalue weighted by molar-refractivity contribution is -0.138. The number of piperidine rings is 1. The zero-order valence-electron chi connectivity index (χ0n) is 24.3. The molecule has 1 aromatic heterocycles. The number of nitrogens with zero attached hydrogens (tertiary/aromatic N) is 4. The maximum absolute atomic E-state index is 14.1. The first-order valence-corrected chi connectivity index (χ1v) is 14.9. The van der Waals surface area contributed by atoms with Crippen LogP contribution in [0.1, 0.15) is 51.5 Å². The maximum atomic E-state index is 14.1. The van der Waals surface area contributed by atoms with Crippen LogP contribution in [0.5, 0.6) is 0 Å². The van der Waals surface area contributed by atoms with Gasteiger partial charge in [-0.2, -0.15) is 13.2 Å². The first-order chi connectivity index (χ1) is 21.1. The van der Waals surface area contributed by atoms with Gasteiger partial charge in [-0.1, -0.05) is 35.9 Å². The van der Waals surface area contributed by atoms with Crippen LogP contribution in [-0.4, -0.2) is 58.9 Å². The number of alkyl halides is 3. The summed E-state index contributed by atoms with van der Waals surface area (Å²) >= 11 is 6.41. The number of halogens is 4. The summed E-state index contributed by atoms with van der Waals surface area (Å²) in [5.74, 6) is 0.336. The molecule has 228 valence electrons.